The minimum Gasteiger partial charge on any atom is -0.494 e. The Morgan fingerprint density at radius 1 is 1.00 bits per heavy atom. The Hall–Kier alpha value is -2.21. The third-order valence-electron chi connectivity index (χ3n) is 5.35. The van der Waals surface area contributed by atoms with Crippen LogP contribution in [0.5, 0.6) is 11.8 Å². The fourth-order valence-electron chi connectivity index (χ4n) is 4.05. The molecule has 2 aromatic rings. The van der Waals surface area contributed by atoms with Crippen molar-refractivity contribution in [3.8, 4) is 11.8 Å². The number of fused-ring (bicyclic) bond motifs is 1. The normalized spacial score (nSPS) is 24.8. The molecule has 4 heterocycles. The molecule has 2 N–H and O–H groups in total. The second kappa shape index (κ2) is 6.36. The Bertz CT molecular complexity index is 668. The SMILES string of the molecule is Oc1ccc(O)n1C[C@@H]1CC[C@H]2CN(c3ccccn3)CCN2C1. The van der Waals surface area contributed by atoms with Gasteiger partial charge < -0.3 is 15.1 Å². The zero-order chi connectivity index (χ0) is 16.5. The van der Waals surface area contributed by atoms with Gasteiger partial charge in [0, 0.05) is 57.1 Å². The highest BCUT2D eigenvalue weighted by atomic mass is 16.3. The molecule has 2 aliphatic rings. The van der Waals surface area contributed by atoms with Crippen LogP contribution in [0.15, 0.2) is 36.5 Å². The minimum atomic E-state index is 0.148. The summed E-state index contributed by atoms with van der Waals surface area (Å²) in [5.41, 5.74) is 0. The molecule has 128 valence electrons. The summed E-state index contributed by atoms with van der Waals surface area (Å²) in [6.45, 7) is 4.78. The molecule has 2 atom stereocenters. The lowest BCUT2D eigenvalue weighted by Gasteiger charge is -2.46. The van der Waals surface area contributed by atoms with Crippen molar-refractivity contribution in [1.82, 2.24) is 14.5 Å². The quantitative estimate of drug-likeness (QED) is 0.901. The molecular formula is C18H24N4O2. The van der Waals surface area contributed by atoms with E-state index in [0.717, 1.165) is 44.8 Å². The Morgan fingerprint density at radius 2 is 1.83 bits per heavy atom. The molecule has 2 aliphatic heterocycles. The molecule has 0 aliphatic carbocycles. The zero-order valence-electron chi connectivity index (χ0n) is 13.8. The van der Waals surface area contributed by atoms with Crippen molar-refractivity contribution >= 4 is 5.82 Å². The van der Waals surface area contributed by atoms with Gasteiger partial charge in [0.25, 0.3) is 0 Å². The van der Waals surface area contributed by atoms with Crippen LogP contribution in [-0.2, 0) is 6.54 Å². The Balaban J connectivity index is 1.38. The van der Waals surface area contributed by atoms with E-state index in [9.17, 15) is 10.2 Å². The Labute approximate surface area is 142 Å². The summed E-state index contributed by atoms with van der Waals surface area (Å²) in [4.78, 5) is 9.41. The second-order valence-electron chi connectivity index (χ2n) is 6.89. The maximum atomic E-state index is 9.83. The van der Waals surface area contributed by atoms with Gasteiger partial charge in [-0.05, 0) is 30.9 Å². The molecule has 0 unspecified atom stereocenters. The smallest absolute Gasteiger partial charge is 0.193 e. The number of nitrogens with zero attached hydrogens (tertiary/aromatic N) is 4. The van der Waals surface area contributed by atoms with Gasteiger partial charge in [-0.25, -0.2) is 4.98 Å². The predicted octanol–water partition coefficient (Wildman–Crippen LogP) is 1.90. The van der Waals surface area contributed by atoms with Crippen molar-refractivity contribution in [2.75, 3.05) is 31.1 Å². The van der Waals surface area contributed by atoms with Crippen molar-refractivity contribution in [3.05, 3.63) is 36.5 Å². The van der Waals surface area contributed by atoms with Gasteiger partial charge in [-0.2, -0.15) is 0 Å². The van der Waals surface area contributed by atoms with Crippen LogP contribution in [-0.4, -0.2) is 56.9 Å². The molecule has 0 amide bonds. The number of piperidine rings is 1. The molecule has 2 saturated heterocycles. The lowest BCUT2D eigenvalue weighted by atomic mass is 9.91. The molecule has 0 bridgehead atoms. The summed E-state index contributed by atoms with van der Waals surface area (Å²) in [7, 11) is 0. The minimum absolute atomic E-state index is 0.148. The number of aromatic hydroxyl groups is 2. The molecule has 6 nitrogen and oxygen atoms in total. The van der Waals surface area contributed by atoms with Gasteiger partial charge in [-0.15, -0.1) is 0 Å². The lowest BCUT2D eigenvalue weighted by molar-refractivity contribution is 0.0866. The fraction of sp³-hybridized carbons (Fsp3) is 0.500. The summed E-state index contributed by atoms with van der Waals surface area (Å²) in [5, 5.41) is 19.7. The summed E-state index contributed by atoms with van der Waals surface area (Å²) < 4.78 is 1.61. The average molecular weight is 328 g/mol. The largest absolute Gasteiger partial charge is 0.494 e. The molecule has 4 rings (SSSR count). The maximum Gasteiger partial charge on any atom is 0.193 e. The number of piperazine rings is 1. The first-order valence-electron chi connectivity index (χ1n) is 8.68. The van der Waals surface area contributed by atoms with Gasteiger partial charge in [-0.1, -0.05) is 6.07 Å². The molecule has 0 radical (unpaired) electrons. The number of hydrogen-bond donors (Lipinski definition) is 2. The van der Waals surface area contributed by atoms with Crippen LogP contribution in [0.25, 0.3) is 0 Å². The molecule has 0 spiro atoms. The van der Waals surface area contributed by atoms with Gasteiger partial charge in [-0.3, -0.25) is 9.47 Å². The number of hydrogen-bond acceptors (Lipinski definition) is 5. The van der Waals surface area contributed by atoms with Crippen LogP contribution < -0.4 is 4.90 Å². The van der Waals surface area contributed by atoms with Crippen molar-refractivity contribution in [3.63, 3.8) is 0 Å². The molecule has 2 fully saturated rings. The highest BCUT2D eigenvalue weighted by Crippen LogP contribution is 2.30. The maximum absolute atomic E-state index is 9.83. The summed E-state index contributed by atoms with van der Waals surface area (Å²) >= 11 is 0. The molecule has 0 saturated carbocycles. The van der Waals surface area contributed by atoms with Crippen LogP contribution in [0.3, 0.4) is 0 Å². The van der Waals surface area contributed by atoms with Crippen LogP contribution in [0.2, 0.25) is 0 Å². The van der Waals surface area contributed by atoms with Crippen LogP contribution >= 0.6 is 0 Å². The van der Waals surface area contributed by atoms with E-state index in [1.165, 1.54) is 0 Å². The van der Waals surface area contributed by atoms with Crippen molar-refractivity contribution in [2.45, 2.75) is 25.4 Å². The zero-order valence-corrected chi connectivity index (χ0v) is 13.8. The summed E-state index contributed by atoms with van der Waals surface area (Å²) in [6.07, 6.45) is 4.12. The Morgan fingerprint density at radius 3 is 2.58 bits per heavy atom. The molecule has 6 heteroatoms. The van der Waals surface area contributed by atoms with Crippen LogP contribution in [0.4, 0.5) is 5.82 Å². The first kappa shape index (κ1) is 15.3. The van der Waals surface area contributed by atoms with Gasteiger partial charge >= 0.3 is 0 Å². The standard InChI is InChI=1S/C18H24N4O2/c23-17-6-7-18(24)22(17)12-14-4-5-15-13-21(10-9-20(15)11-14)16-3-1-2-8-19-16/h1-3,6-8,14-15,23-24H,4-5,9-13H2/t14-,15+/m1/s1. The van der Waals surface area contributed by atoms with Gasteiger partial charge in [0.15, 0.2) is 11.8 Å². The third kappa shape index (κ3) is 2.94. The van der Waals surface area contributed by atoms with Crippen LogP contribution in [0, 0.1) is 5.92 Å². The molecule has 2 aromatic heterocycles. The number of rotatable bonds is 3. The van der Waals surface area contributed by atoms with E-state index in [2.05, 4.69) is 20.9 Å². The second-order valence-corrected chi connectivity index (χ2v) is 6.89. The van der Waals surface area contributed by atoms with Crippen LogP contribution in [0.1, 0.15) is 12.8 Å². The van der Waals surface area contributed by atoms with Crippen molar-refractivity contribution < 1.29 is 10.2 Å². The van der Waals surface area contributed by atoms with E-state index < -0.39 is 0 Å². The monoisotopic (exact) mass is 328 g/mol. The highest BCUT2D eigenvalue weighted by molar-refractivity contribution is 5.38. The van der Waals surface area contributed by atoms with E-state index in [0.29, 0.717) is 18.5 Å². The van der Waals surface area contributed by atoms with Crippen molar-refractivity contribution in [2.24, 2.45) is 5.92 Å². The van der Waals surface area contributed by atoms with E-state index in [1.54, 1.807) is 16.7 Å². The summed E-state index contributed by atoms with van der Waals surface area (Å²) in [5.74, 6) is 1.83. The topological polar surface area (TPSA) is 64.8 Å². The van der Waals surface area contributed by atoms with Gasteiger partial charge in [0.05, 0.1) is 0 Å². The molecular weight excluding hydrogens is 304 g/mol. The van der Waals surface area contributed by atoms with E-state index >= 15 is 0 Å². The predicted molar refractivity (Wildman–Crippen MR) is 92.3 cm³/mol. The fourth-order valence-corrected chi connectivity index (χ4v) is 4.05. The number of pyridine rings is 1. The van der Waals surface area contributed by atoms with Gasteiger partial charge in [0.2, 0.25) is 0 Å². The first-order chi connectivity index (χ1) is 11.7. The molecule has 0 aromatic carbocycles. The van der Waals surface area contributed by atoms with E-state index in [-0.39, 0.29) is 11.8 Å². The number of aromatic nitrogens is 2. The Kier molecular flexibility index (Phi) is 4.06. The van der Waals surface area contributed by atoms with Crippen molar-refractivity contribution in [1.29, 1.82) is 0 Å². The van der Waals surface area contributed by atoms with E-state index in [1.807, 2.05) is 18.3 Å². The highest BCUT2D eigenvalue weighted by Gasteiger charge is 2.33. The lowest BCUT2D eigenvalue weighted by Crippen LogP contribution is -2.57. The average Bonchev–Trinajstić information content (AvgIpc) is 2.94. The molecule has 24 heavy (non-hydrogen) atoms. The third-order valence-corrected chi connectivity index (χ3v) is 5.35. The van der Waals surface area contributed by atoms with E-state index in [4.69, 9.17) is 0 Å². The number of anilines is 1. The first-order valence-corrected chi connectivity index (χ1v) is 8.68. The van der Waals surface area contributed by atoms with Gasteiger partial charge in [0.1, 0.15) is 5.82 Å². The summed E-state index contributed by atoms with van der Waals surface area (Å²) in [6, 6.07) is 9.75.